The number of halogens is 1. The van der Waals surface area contributed by atoms with Gasteiger partial charge in [-0.15, -0.1) is 0 Å². The van der Waals surface area contributed by atoms with Gasteiger partial charge in [0.05, 0.1) is 22.9 Å². The van der Waals surface area contributed by atoms with Crippen LogP contribution in [0.25, 0.3) is 0 Å². The second-order valence-electron chi connectivity index (χ2n) is 4.60. The number of aromatic nitrogens is 1. The molecule has 2 rings (SSSR count). The second-order valence-corrected chi connectivity index (χ2v) is 5.03. The topological polar surface area (TPSA) is 62.4 Å². The molecule has 0 aliphatic heterocycles. The zero-order chi connectivity index (χ0) is 12.4. The predicted molar refractivity (Wildman–Crippen MR) is 70.3 cm³/mol. The zero-order valence-electron chi connectivity index (χ0n) is 9.93. The maximum absolute atomic E-state index is 10.0. The van der Waals surface area contributed by atoms with Gasteiger partial charge in [0.15, 0.2) is 5.82 Å². The number of aliphatic hydroxyl groups is 1. The predicted octanol–water partition coefficient (Wildman–Crippen LogP) is 2.06. The quantitative estimate of drug-likeness (QED) is 0.849. The molecule has 1 aromatic rings. The average Bonchev–Trinajstić information content (AvgIpc) is 2.29. The van der Waals surface area contributed by atoms with Gasteiger partial charge in [-0.1, -0.05) is 24.4 Å². The smallest absolute Gasteiger partial charge is 0.151 e. The largest absolute Gasteiger partial charge is 0.396 e. The summed E-state index contributed by atoms with van der Waals surface area (Å²) in [6.45, 7) is 0. The van der Waals surface area contributed by atoms with Gasteiger partial charge in [0, 0.05) is 13.2 Å². The van der Waals surface area contributed by atoms with E-state index in [9.17, 15) is 5.11 Å². The fourth-order valence-corrected chi connectivity index (χ4v) is 2.61. The lowest BCUT2D eigenvalue weighted by Gasteiger charge is -2.36. The van der Waals surface area contributed by atoms with Crippen LogP contribution in [0, 0.1) is 0 Å². The fourth-order valence-electron chi connectivity index (χ4n) is 2.44. The van der Waals surface area contributed by atoms with E-state index < -0.39 is 0 Å². The lowest BCUT2D eigenvalue weighted by Crippen LogP contribution is -2.44. The minimum absolute atomic E-state index is 0.0970. The second kappa shape index (κ2) is 5.10. The molecule has 4 nitrogen and oxygen atoms in total. The van der Waals surface area contributed by atoms with E-state index in [0.717, 1.165) is 25.7 Å². The number of hydrogen-bond acceptors (Lipinski definition) is 4. The standard InChI is InChI=1S/C12H18ClN3O/c1-16(10-4-2-3-5-11(10)17)12-9(14)6-8(13)7-15-12/h6-7,10-11,17H,2-5,14H2,1H3. The number of pyridine rings is 1. The van der Waals surface area contributed by atoms with Crippen LogP contribution in [0.5, 0.6) is 0 Å². The van der Waals surface area contributed by atoms with Crippen molar-refractivity contribution in [2.75, 3.05) is 17.7 Å². The van der Waals surface area contributed by atoms with Crippen LogP contribution < -0.4 is 10.6 Å². The van der Waals surface area contributed by atoms with Gasteiger partial charge in [0.1, 0.15) is 0 Å². The number of aliphatic hydroxyl groups excluding tert-OH is 1. The lowest BCUT2D eigenvalue weighted by atomic mass is 9.91. The van der Waals surface area contributed by atoms with E-state index >= 15 is 0 Å². The van der Waals surface area contributed by atoms with Gasteiger partial charge in [0.2, 0.25) is 0 Å². The molecule has 1 heterocycles. The van der Waals surface area contributed by atoms with Crippen molar-refractivity contribution in [2.45, 2.75) is 37.8 Å². The molecule has 0 radical (unpaired) electrons. The van der Waals surface area contributed by atoms with Gasteiger partial charge in [-0.3, -0.25) is 0 Å². The van der Waals surface area contributed by atoms with E-state index in [4.69, 9.17) is 17.3 Å². The molecule has 3 N–H and O–H groups in total. The summed E-state index contributed by atoms with van der Waals surface area (Å²) in [4.78, 5) is 6.21. The number of hydrogen-bond donors (Lipinski definition) is 2. The Balaban J connectivity index is 2.20. The van der Waals surface area contributed by atoms with E-state index in [1.807, 2.05) is 11.9 Å². The molecule has 2 atom stereocenters. The summed E-state index contributed by atoms with van der Waals surface area (Å²) in [6, 6.07) is 1.79. The van der Waals surface area contributed by atoms with Crippen LogP contribution in [0.15, 0.2) is 12.3 Å². The minimum Gasteiger partial charge on any atom is -0.396 e. The van der Waals surface area contributed by atoms with Crippen molar-refractivity contribution in [3.63, 3.8) is 0 Å². The van der Waals surface area contributed by atoms with Gasteiger partial charge in [0.25, 0.3) is 0 Å². The van der Waals surface area contributed by atoms with Crippen LogP contribution in [-0.4, -0.2) is 29.3 Å². The third-order valence-corrected chi connectivity index (χ3v) is 3.59. The molecule has 0 spiro atoms. The summed E-state index contributed by atoms with van der Waals surface area (Å²) in [5, 5.41) is 10.5. The van der Waals surface area contributed by atoms with Crippen LogP contribution in [0.2, 0.25) is 5.02 Å². The monoisotopic (exact) mass is 255 g/mol. The number of likely N-dealkylation sites (N-methyl/N-ethyl adjacent to an activating group) is 1. The molecule has 5 heteroatoms. The molecule has 1 fully saturated rings. The Hall–Kier alpha value is -1.00. The molecule has 1 saturated carbocycles. The first-order valence-corrected chi connectivity index (χ1v) is 6.29. The van der Waals surface area contributed by atoms with Gasteiger partial charge in [-0.25, -0.2) is 4.98 Å². The highest BCUT2D eigenvalue weighted by molar-refractivity contribution is 6.30. The van der Waals surface area contributed by atoms with E-state index in [1.54, 1.807) is 12.3 Å². The number of nitrogen functional groups attached to an aromatic ring is 1. The normalized spacial score (nSPS) is 24.6. The molecule has 17 heavy (non-hydrogen) atoms. The highest BCUT2D eigenvalue weighted by Crippen LogP contribution is 2.29. The zero-order valence-corrected chi connectivity index (χ0v) is 10.7. The van der Waals surface area contributed by atoms with Crippen molar-refractivity contribution >= 4 is 23.1 Å². The SMILES string of the molecule is CN(c1ncc(Cl)cc1N)C1CCCCC1O. The summed E-state index contributed by atoms with van der Waals surface area (Å²) in [6.07, 6.45) is 5.34. The maximum atomic E-state index is 10.0. The fraction of sp³-hybridized carbons (Fsp3) is 0.583. The van der Waals surface area contributed by atoms with Crippen LogP contribution in [0.3, 0.4) is 0 Å². The Morgan fingerprint density at radius 1 is 1.47 bits per heavy atom. The third kappa shape index (κ3) is 2.64. The Bertz CT molecular complexity index is 399. The van der Waals surface area contributed by atoms with Crippen molar-refractivity contribution in [3.8, 4) is 0 Å². The van der Waals surface area contributed by atoms with Crippen molar-refractivity contribution in [2.24, 2.45) is 0 Å². The Labute approximate surface area is 106 Å². The van der Waals surface area contributed by atoms with E-state index in [0.29, 0.717) is 16.5 Å². The van der Waals surface area contributed by atoms with Crippen LogP contribution in [0.1, 0.15) is 25.7 Å². The average molecular weight is 256 g/mol. The first-order chi connectivity index (χ1) is 8.09. The molecule has 0 saturated heterocycles. The summed E-state index contributed by atoms with van der Waals surface area (Å²) in [5.74, 6) is 0.695. The third-order valence-electron chi connectivity index (χ3n) is 3.39. The van der Waals surface area contributed by atoms with Crippen molar-refractivity contribution < 1.29 is 5.11 Å². The van der Waals surface area contributed by atoms with Crippen molar-refractivity contribution in [3.05, 3.63) is 17.3 Å². The van der Waals surface area contributed by atoms with E-state index in [1.165, 1.54) is 0 Å². The van der Waals surface area contributed by atoms with Crippen molar-refractivity contribution in [1.29, 1.82) is 0 Å². The lowest BCUT2D eigenvalue weighted by molar-refractivity contribution is 0.106. The van der Waals surface area contributed by atoms with Gasteiger partial charge < -0.3 is 15.7 Å². The highest BCUT2D eigenvalue weighted by Gasteiger charge is 2.28. The molecule has 0 aromatic carbocycles. The van der Waals surface area contributed by atoms with Crippen LogP contribution >= 0.6 is 11.6 Å². The molecule has 1 aromatic heterocycles. The van der Waals surface area contributed by atoms with E-state index in [-0.39, 0.29) is 12.1 Å². The van der Waals surface area contributed by atoms with Gasteiger partial charge in [-0.05, 0) is 18.9 Å². The number of rotatable bonds is 2. The molecule has 1 aliphatic rings. The van der Waals surface area contributed by atoms with Crippen LogP contribution in [-0.2, 0) is 0 Å². The highest BCUT2D eigenvalue weighted by atomic mass is 35.5. The van der Waals surface area contributed by atoms with Gasteiger partial charge in [-0.2, -0.15) is 0 Å². The summed E-state index contributed by atoms with van der Waals surface area (Å²) in [5.41, 5.74) is 6.46. The minimum atomic E-state index is -0.300. The Morgan fingerprint density at radius 3 is 2.82 bits per heavy atom. The van der Waals surface area contributed by atoms with Crippen molar-refractivity contribution in [1.82, 2.24) is 4.98 Å². The maximum Gasteiger partial charge on any atom is 0.151 e. The summed E-state index contributed by atoms with van der Waals surface area (Å²) in [7, 11) is 1.92. The Kier molecular flexibility index (Phi) is 3.74. The first-order valence-electron chi connectivity index (χ1n) is 5.91. The summed E-state index contributed by atoms with van der Waals surface area (Å²) >= 11 is 5.83. The van der Waals surface area contributed by atoms with E-state index in [2.05, 4.69) is 4.98 Å². The Morgan fingerprint density at radius 2 is 2.18 bits per heavy atom. The molecule has 94 valence electrons. The number of anilines is 2. The number of nitrogens with zero attached hydrogens (tertiary/aromatic N) is 2. The first kappa shape index (κ1) is 12.5. The molecule has 0 amide bonds. The number of nitrogens with two attached hydrogens (primary N) is 1. The molecule has 1 aliphatic carbocycles. The molecule has 2 unspecified atom stereocenters. The van der Waals surface area contributed by atoms with Crippen LogP contribution in [0.4, 0.5) is 11.5 Å². The van der Waals surface area contributed by atoms with Gasteiger partial charge >= 0.3 is 0 Å². The molecular formula is C12H18ClN3O. The summed E-state index contributed by atoms with van der Waals surface area (Å²) < 4.78 is 0. The molecule has 0 bridgehead atoms. The molecular weight excluding hydrogens is 238 g/mol.